The van der Waals surface area contributed by atoms with Gasteiger partial charge in [-0.25, -0.2) is 32.9 Å². The van der Waals surface area contributed by atoms with Gasteiger partial charge >= 0.3 is 31.2 Å². The zero-order valence-corrected chi connectivity index (χ0v) is 27.5. The summed E-state index contributed by atoms with van der Waals surface area (Å²) >= 11 is 6.14. The lowest BCUT2D eigenvalue weighted by Crippen LogP contribution is -2.56. The van der Waals surface area contributed by atoms with E-state index in [-0.39, 0.29) is 50.3 Å². The smallest absolute Gasteiger partial charge is 0.534 e. The Morgan fingerprint density at radius 3 is 2.50 bits per heavy atom. The maximum atomic E-state index is 14.6. The maximum absolute atomic E-state index is 14.6. The predicted octanol–water partition coefficient (Wildman–Crippen LogP) is 2.27. The second-order valence-electron chi connectivity index (χ2n) is 11.6. The van der Waals surface area contributed by atoms with Crippen molar-refractivity contribution in [3.05, 3.63) is 75.8 Å². The molecule has 5 rings (SSSR count). The van der Waals surface area contributed by atoms with Gasteiger partial charge in [0, 0.05) is 43.5 Å². The summed E-state index contributed by atoms with van der Waals surface area (Å²) in [7, 11) is -1.94. The van der Waals surface area contributed by atoms with Crippen molar-refractivity contribution in [1.82, 2.24) is 25.8 Å². The van der Waals surface area contributed by atoms with Crippen LogP contribution in [0, 0.1) is 11.6 Å². The number of hydrogen-bond donors (Lipinski definition) is 9. The first-order valence-electron chi connectivity index (χ1n) is 15.5. The van der Waals surface area contributed by atoms with Crippen LogP contribution in [0.5, 0.6) is 23.0 Å². The van der Waals surface area contributed by atoms with E-state index in [1.807, 2.05) is 0 Å². The number of rotatable bonds is 10. The topological polar surface area (TPSA) is 250 Å². The Bertz CT molecular complexity index is 1940. The van der Waals surface area contributed by atoms with Crippen molar-refractivity contribution < 1.29 is 62.9 Å². The summed E-state index contributed by atoms with van der Waals surface area (Å²) in [6.45, 7) is 0.154. The zero-order valence-electron chi connectivity index (χ0n) is 26.7. The van der Waals surface area contributed by atoms with E-state index in [2.05, 4.69) is 21.3 Å². The molecule has 7 amide bonds. The molecule has 0 aromatic heterocycles. The lowest BCUT2D eigenvalue weighted by molar-refractivity contribution is -0.123. The fourth-order valence-electron chi connectivity index (χ4n) is 5.55. The highest BCUT2D eigenvalue weighted by atomic mass is 35.5. The number of nitrogens with one attached hydrogen (secondary N) is 4. The molecule has 0 spiro atoms. The van der Waals surface area contributed by atoms with E-state index < -0.39 is 94.1 Å². The van der Waals surface area contributed by atoms with E-state index in [1.54, 1.807) is 12.1 Å². The van der Waals surface area contributed by atoms with Crippen LogP contribution >= 0.6 is 11.6 Å². The number of hydrogen-bond acceptors (Lipinski definition) is 10. The summed E-state index contributed by atoms with van der Waals surface area (Å²) in [5.41, 5.74) is -0.950. The lowest BCUT2D eigenvalue weighted by atomic mass is 9.72. The molecule has 3 aromatic rings. The summed E-state index contributed by atoms with van der Waals surface area (Å²) in [5, 5.41) is 58.5. The predicted molar refractivity (Wildman–Crippen MR) is 177 cm³/mol. The minimum absolute atomic E-state index is 0.0393. The SMILES string of the molecule is O=C(NCCCN1CCN(C(=O)NC(C(=O)N[C@H]2Cc3ccc(F)c(C(=O)O)c3OB2O)c2cc(F)c(O)c(O)c2Cl)C1=O)Nc1cccc(O)c1. The molecule has 274 valence electrons. The van der Waals surface area contributed by atoms with Crippen molar-refractivity contribution in [2.45, 2.75) is 24.8 Å². The van der Waals surface area contributed by atoms with E-state index in [0.717, 1.165) is 11.0 Å². The number of amides is 7. The average Bonchev–Trinajstić information content (AvgIpc) is 3.46. The number of benzene rings is 3. The molecule has 2 aliphatic heterocycles. The molecule has 1 fully saturated rings. The van der Waals surface area contributed by atoms with Crippen LogP contribution in [0.1, 0.15) is 33.9 Å². The number of fused-ring (bicyclic) bond motifs is 1. The summed E-state index contributed by atoms with van der Waals surface area (Å²) in [4.78, 5) is 65.9. The van der Waals surface area contributed by atoms with Crippen molar-refractivity contribution in [3.8, 4) is 23.0 Å². The van der Waals surface area contributed by atoms with Crippen molar-refractivity contribution in [1.29, 1.82) is 0 Å². The van der Waals surface area contributed by atoms with Gasteiger partial charge in [0.05, 0.1) is 11.0 Å². The number of carboxylic acids is 1. The number of imide groups is 1. The van der Waals surface area contributed by atoms with Gasteiger partial charge in [-0.3, -0.25) is 4.79 Å². The second-order valence-corrected chi connectivity index (χ2v) is 12.0. The molecule has 0 saturated carbocycles. The molecule has 0 aliphatic carbocycles. The lowest BCUT2D eigenvalue weighted by Gasteiger charge is -2.31. The minimum Gasteiger partial charge on any atom is -0.534 e. The molecule has 1 saturated heterocycles. The number of aromatic carboxylic acids is 1. The van der Waals surface area contributed by atoms with Crippen molar-refractivity contribution in [2.75, 3.05) is 31.5 Å². The molecule has 2 atom stereocenters. The fourth-order valence-corrected chi connectivity index (χ4v) is 5.81. The number of phenolic OH excluding ortho intramolecular Hbond substituents is 3. The Morgan fingerprint density at radius 2 is 1.79 bits per heavy atom. The molecule has 2 aliphatic rings. The number of anilines is 1. The molecule has 1 unspecified atom stereocenters. The maximum Gasteiger partial charge on any atom is 0.547 e. The highest BCUT2D eigenvalue weighted by Crippen LogP contribution is 2.40. The summed E-state index contributed by atoms with van der Waals surface area (Å²) < 4.78 is 34.0. The molecule has 9 N–H and O–H groups in total. The molecule has 17 nitrogen and oxygen atoms in total. The third-order valence-electron chi connectivity index (χ3n) is 8.12. The Morgan fingerprint density at radius 1 is 1.04 bits per heavy atom. The van der Waals surface area contributed by atoms with Crippen molar-refractivity contribution in [2.24, 2.45) is 0 Å². The summed E-state index contributed by atoms with van der Waals surface area (Å²) in [5.74, 6) is -9.65. The third kappa shape index (κ3) is 7.97. The van der Waals surface area contributed by atoms with Gasteiger partial charge in [-0.05, 0) is 42.7 Å². The highest BCUT2D eigenvalue weighted by Gasteiger charge is 2.42. The van der Waals surface area contributed by atoms with Crippen LogP contribution in [0.25, 0.3) is 0 Å². The van der Waals surface area contributed by atoms with Crippen LogP contribution in [-0.4, -0.2) is 104 Å². The standard InChI is InChI=1S/C31H30BClF2N6O11/c33-22-17(13-19(35)24(43)25(22)44)23(27(45)38-20-11-14-5-6-18(34)21(28(46)47)26(14)52-32(20)51)39-30(49)41-10-9-40(31(41)50)8-2-7-36-29(48)37-15-3-1-4-16(42)12-15/h1,3-6,12-13,20,23,42-44,51H,2,7-11H2,(H,38,45)(H,39,49)(H,46,47)(H2,36,37,48)/t20-,23?/m0/s1. The van der Waals surface area contributed by atoms with Crippen LogP contribution < -0.4 is 25.9 Å². The Hall–Kier alpha value is -6.02. The number of carbonyl (C=O) groups is 5. The molecular weight excluding hydrogens is 717 g/mol. The average molecular weight is 747 g/mol. The minimum atomic E-state index is -1.96. The van der Waals surface area contributed by atoms with Crippen LogP contribution in [0.3, 0.4) is 0 Å². The van der Waals surface area contributed by atoms with E-state index in [0.29, 0.717) is 11.8 Å². The molecule has 21 heteroatoms. The second kappa shape index (κ2) is 15.5. The summed E-state index contributed by atoms with van der Waals surface area (Å²) in [6, 6.07) is 4.05. The van der Waals surface area contributed by atoms with Crippen LogP contribution in [0.4, 0.5) is 28.9 Å². The number of halogens is 3. The third-order valence-corrected chi connectivity index (χ3v) is 8.52. The van der Waals surface area contributed by atoms with Crippen LogP contribution in [-0.2, 0) is 11.2 Å². The van der Waals surface area contributed by atoms with E-state index in [1.165, 1.54) is 23.1 Å². The summed E-state index contributed by atoms with van der Waals surface area (Å²) in [6.07, 6.45) is -0.0187. The first kappa shape index (κ1) is 37.2. The fraction of sp³-hybridized carbons (Fsp3) is 0.258. The molecule has 3 aromatic carbocycles. The van der Waals surface area contributed by atoms with Gasteiger partial charge in [-0.1, -0.05) is 23.7 Å². The van der Waals surface area contributed by atoms with Gasteiger partial charge in [-0.2, -0.15) is 0 Å². The number of carboxylic acid groups (broad SMARTS) is 1. The van der Waals surface area contributed by atoms with E-state index in [9.17, 15) is 58.2 Å². The van der Waals surface area contributed by atoms with Gasteiger partial charge in [0.15, 0.2) is 17.3 Å². The Kier molecular flexibility index (Phi) is 11.1. The normalized spacial score (nSPS) is 15.7. The zero-order chi connectivity index (χ0) is 37.9. The van der Waals surface area contributed by atoms with Gasteiger partial charge in [0.1, 0.15) is 28.9 Å². The van der Waals surface area contributed by atoms with Crippen LogP contribution in [0.2, 0.25) is 5.02 Å². The largest absolute Gasteiger partial charge is 0.547 e. The van der Waals surface area contributed by atoms with Gasteiger partial charge in [0.25, 0.3) is 0 Å². The Balaban J connectivity index is 1.26. The van der Waals surface area contributed by atoms with Crippen molar-refractivity contribution in [3.63, 3.8) is 0 Å². The Labute approximate surface area is 297 Å². The molecule has 2 heterocycles. The first-order chi connectivity index (χ1) is 24.7. The van der Waals surface area contributed by atoms with Crippen LogP contribution in [0.15, 0.2) is 42.5 Å². The molecule has 0 radical (unpaired) electrons. The number of urea groups is 3. The van der Waals surface area contributed by atoms with E-state index in [4.69, 9.17) is 16.3 Å². The van der Waals surface area contributed by atoms with Gasteiger partial charge < -0.3 is 56.3 Å². The van der Waals surface area contributed by atoms with Gasteiger partial charge in [-0.15, -0.1) is 0 Å². The number of carbonyl (C=O) groups excluding carboxylic acids is 4. The monoisotopic (exact) mass is 746 g/mol. The number of aromatic hydroxyl groups is 3. The molecular formula is C31H30BClF2N6O11. The quantitative estimate of drug-likeness (QED) is 0.0827. The number of nitrogens with zero attached hydrogens (tertiary/aromatic N) is 2. The number of phenols is 3. The highest BCUT2D eigenvalue weighted by molar-refractivity contribution is 6.47. The van der Waals surface area contributed by atoms with E-state index >= 15 is 0 Å². The van der Waals surface area contributed by atoms with Gasteiger partial charge in [0.2, 0.25) is 5.91 Å². The molecule has 0 bridgehead atoms. The first-order valence-corrected chi connectivity index (χ1v) is 15.8. The molecule has 52 heavy (non-hydrogen) atoms. The van der Waals surface area contributed by atoms with Crippen molar-refractivity contribution >= 4 is 54.4 Å².